The molecule has 8 nitrogen and oxygen atoms in total. The van der Waals surface area contributed by atoms with E-state index in [1.807, 2.05) is 6.07 Å². The number of benzene rings is 1. The number of aromatic nitrogens is 3. The Labute approximate surface area is 210 Å². The second-order valence-electron chi connectivity index (χ2n) is 10.3. The van der Waals surface area contributed by atoms with Crippen LogP contribution in [0.2, 0.25) is 0 Å². The molecular weight excluding hydrogens is 459 g/mol. The van der Waals surface area contributed by atoms with Crippen LogP contribution in [0.15, 0.2) is 30.5 Å². The molecule has 0 bridgehead atoms. The van der Waals surface area contributed by atoms with Crippen LogP contribution in [0.1, 0.15) is 61.7 Å². The minimum Gasteiger partial charge on any atom is -0.381 e. The van der Waals surface area contributed by atoms with E-state index >= 15 is 0 Å². The Kier molecular flexibility index (Phi) is 6.48. The molecule has 2 aliphatic carbocycles. The molecule has 1 aromatic carbocycles. The Morgan fingerprint density at radius 2 is 1.86 bits per heavy atom. The van der Waals surface area contributed by atoms with Crippen LogP contribution in [0, 0.1) is 11.7 Å². The summed E-state index contributed by atoms with van der Waals surface area (Å²) in [6.45, 7) is 2.44. The average Bonchev–Trinajstić information content (AvgIpc) is 3.36. The summed E-state index contributed by atoms with van der Waals surface area (Å²) in [7, 11) is 0. The first-order valence-corrected chi connectivity index (χ1v) is 13.2. The number of ether oxygens (including phenoxy) is 1. The van der Waals surface area contributed by atoms with E-state index in [9.17, 15) is 9.18 Å². The van der Waals surface area contributed by atoms with Gasteiger partial charge in [0, 0.05) is 43.5 Å². The van der Waals surface area contributed by atoms with E-state index < -0.39 is 5.82 Å². The van der Waals surface area contributed by atoms with Crippen molar-refractivity contribution < 1.29 is 13.9 Å². The van der Waals surface area contributed by atoms with Crippen molar-refractivity contribution in [2.45, 2.75) is 63.5 Å². The van der Waals surface area contributed by atoms with Gasteiger partial charge < -0.3 is 20.7 Å². The monoisotopic (exact) mass is 492 g/mol. The van der Waals surface area contributed by atoms with Gasteiger partial charge in [-0.25, -0.2) is 9.37 Å². The van der Waals surface area contributed by atoms with Gasteiger partial charge in [-0.3, -0.25) is 4.79 Å². The Morgan fingerprint density at radius 3 is 2.61 bits per heavy atom. The molecule has 1 amide bonds. The van der Waals surface area contributed by atoms with Gasteiger partial charge in [-0.1, -0.05) is 18.9 Å². The molecule has 6 rings (SSSR count). The highest BCUT2D eigenvalue weighted by Gasteiger charge is 2.25. The molecule has 3 aromatic rings. The largest absolute Gasteiger partial charge is 0.381 e. The summed E-state index contributed by atoms with van der Waals surface area (Å²) in [6, 6.07) is 7.35. The number of carbonyl (C=O) groups is 1. The average molecular weight is 493 g/mol. The first kappa shape index (κ1) is 23.2. The summed E-state index contributed by atoms with van der Waals surface area (Å²) in [5.74, 6) is 1.31. The van der Waals surface area contributed by atoms with Gasteiger partial charge >= 0.3 is 0 Å². The molecule has 0 atom stereocenters. The lowest BCUT2D eigenvalue weighted by molar-refractivity contribution is 0.0699. The van der Waals surface area contributed by atoms with E-state index in [1.165, 1.54) is 18.9 Å². The van der Waals surface area contributed by atoms with Crippen molar-refractivity contribution in [2.75, 3.05) is 30.4 Å². The third kappa shape index (κ3) is 5.02. The second-order valence-corrected chi connectivity index (χ2v) is 10.3. The molecule has 0 unspecified atom stereocenters. The first-order valence-electron chi connectivity index (χ1n) is 13.2. The lowest BCUT2D eigenvalue weighted by Gasteiger charge is -2.23. The zero-order valence-corrected chi connectivity index (χ0v) is 20.4. The van der Waals surface area contributed by atoms with E-state index in [0.29, 0.717) is 23.2 Å². The summed E-state index contributed by atoms with van der Waals surface area (Å²) in [5.41, 5.74) is 2.10. The highest BCUT2D eigenvalue weighted by Crippen LogP contribution is 2.30. The quantitative estimate of drug-likeness (QED) is 0.425. The smallest absolute Gasteiger partial charge is 0.254 e. The van der Waals surface area contributed by atoms with Crippen LogP contribution in [0.4, 0.5) is 16.0 Å². The fraction of sp³-hybridized carbons (Fsp3) is 0.519. The van der Waals surface area contributed by atoms with E-state index in [0.717, 1.165) is 75.5 Å². The third-order valence-corrected chi connectivity index (χ3v) is 7.53. The van der Waals surface area contributed by atoms with Gasteiger partial charge in [0.05, 0.1) is 11.8 Å². The fourth-order valence-electron chi connectivity index (χ4n) is 5.20. The zero-order valence-electron chi connectivity index (χ0n) is 20.4. The molecule has 3 fully saturated rings. The van der Waals surface area contributed by atoms with Gasteiger partial charge in [0.25, 0.3) is 5.91 Å². The predicted molar refractivity (Wildman–Crippen MR) is 137 cm³/mol. The molecule has 0 radical (unpaired) electrons. The summed E-state index contributed by atoms with van der Waals surface area (Å²) in [5, 5.41) is 14.6. The van der Waals surface area contributed by atoms with Gasteiger partial charge in [-0.05, 0) is 62.1 Å². The molecule has 1 aliphatic heterocycles. The molecular formula is C27H33FN6O2. The molecule has 3 aliphatic rings. The van der Waals surface area contributed by atoms with E-state index in [2.05, 4.69) is 21.0 Å². The zero-order chi connectivity index (χ0) is 24.5. The first-order chi connectivity index (χ1) is 17.6. The van der Waals surface area contributed by atoms with Gasteiger partial charge in [0.2, 0.25) is 0 Å². The van der Waals surface area contributed by atoms with Crippen LogP contribution in [-0.2, 0) is 4.74 Å². The van der Waals surface area contributed by atoms with Crippen molar-refractivity contribution in [3.05, 3.63) is 41.8 Å². The molecule has 1 saturated heterocycles. The maximum atomic E-state index is 15.0. The number of nitrogens with one attached hydrogen (secondary N) is 3. The Morgan fingerprint density at radius 1 is 1.06 bits per heavy atom. The standard InChI is InChI=1S/C27H33FN6O2/c28-23-13-18(5-8-21(23)27(35)32-20-6-7-20)22-16-30-34-25(29-15-17-9-11-36-12-10-17)14-24(33-26(22)34)31-19-3-1-2-4-19/h5,8,13-14,16-17,19-20,29H,1-4,6-7,9-12,15H2,(H,31,33)(H,32,35). The Bertz CT molecular complexity index is 1240. The number of halogens is 1. The van der Waals surface area contributed by atoms with Gasteiger partial charge in [-0.2, -0.15) is 9.61 Å². The van der Waals surface area contributed by atoms with Crippen LogP contribution in [0.3, 0.4) is 0 Å². The van der Waals surface area contributed by atoms with Crippen molar-refractivity contribution in [3.63, 3.8) is 0 Å². The lowest BCUT2D eigenvalue weighted by atomic mass is 10.0. The van der Waals surface area contributed by atoms with Gasteiger partial charge in [0.1, 0.15) is 17.5 Å². The van der Waals surface area contributed by atoms with E-state index in [4.69, 9.17) is 9.72 Å². The van der Waals surface area contributed by atoms with Crippen LogP contribution < -0.4 is 16.0 Å². The molecule has 3 heterocycles. The number of amides is 1. The van der Waals surface area contributed by atoms with Gasteiger partial charge in [-0.15, -0.1) is 0 Å². The van der Waals surface area contributed by atoms with Crippen molar-refractivity contribution in [2.24, 2.45) is 5.92 Å². The summed E-state index contributed by atoms with van der Waals surface area (Å²) in [6.07, 6.45) is 10.5. The number of hydrogen-bond acceptors (Lipinski definition) is 6. The van der Waals surface area contributed by atoms with Crippen molar-refractivity contribution >= 4 is 23.2 Å². The number of rotatable bonds is 8. The maximum Gasteiger partial charge on any atom is 0.254 e. The van der Waals surface area contributed by atoms with Crippen LogP contribution >= 0.6 is 0 Å². The molecule has 0 spiro atoms. The van der Waals surface area contributed by atoms with Gasteiger partial charge in [0.15, 0.2) is 5.65 Å². The maximum absolute atomic E-state index is 15.0. The number of fused-ring (bicyclic) bond motifs is 1. The van der Waals surface area contributed by atoms with Crippen molar-refractivity contribution in [3.8, 4) is 11.1 Å². The normalized spacial score (nSPS) is 19.0. The second kappa shape index (κ2) is 10.0. The SMILES string of the molecule is O=C(NC1CC1)c1ccc(-c2cnn3c(NCC4CCOCC4)cc(NC4CCCC4)nc23)cc1F. The van der Waals surface area contributed by atoms with Crippen LogP contribution in [0.25, 0.3) is 16.8 Å². The summed E-state index contributed by atoms with van der Waals surface area (Å²) in [4.78, 5) is 17.3. The van der Waals surface area contributed by atoms with Crippen molar-refractivity contribution in [1.29, 1.82) is 0 Å². The molecule has 2 aromatic heterocycles. The molecule has 190 valence electrons. The molecule has 3 N–H and O–H groups in total. The number of carbonyl (C=O) groups excluding carboxylic acids is 1. The van der Waals surface area contributed by atoms with E-state index in [-0.39, 0.29) is 17.5 Å². The third-order valence-electron chi connectivity index (χ3n) is 7.53. The highest BCUT2D eigenvalue weighted by molar-refractivity contribution is 5.95. The van der Waals surface area contributed by atoms with E-state index in [1.54, 1.807) is 22.8 Å². The number of hydrogen-bond donors (Lipinski definition) is 3. The summed E-state index contributed by atoms with van der Waals surface area (Å²) < 4.78 is 22.3. The fourth-order valence-corrected chi connectivity index (χ4v) is 5.20. The van der Waals surface area contributed by atoms with Crippen LogP contribution in [-0.4, -0.2) is 52.3 Å². The topological polar surface area (TPSA) is 92.6 Å². The summed E-state index contributed by atoms with van der Waals surface area (Å²) >= 11 is 0. The number of anilines is 2. The van der Waals surface area contributed by atoms with Crippen LogP contribution in [0.5, 0.6) is 0 Å². The Balaban J connectivity index is 1.31. The van der Waals surface area contributed by atoms with Crippen molar-refractivity contribution in [1.82, 2.24) is 19.9 Å². The lowest BCUT2D eigenvalue weighted by Crippen LogP contribution is -2.26. The number of nitrogens with zero attached hydrogens (tertiary/aromatic N) is 3. The minimum absolute atomic E-state index is 0.0671. The molecule has 9 heteroatoms. The predicted octanol–water partition coefficient (Wildman–Crippen LogP) is 4.62. The highest BCUT2D eigenvalue weighted by atomic mass is 19.1. The minimum atomic E-state index is -0.539. The Hall–Kier alpha value is -3.20. The molecule has 2 saturated carbocycles. The molecule has 36 heavy (non-hydrogen) atoms.